The summed E-state index contributed by atoms with van der Waals surface area (Å²) in [5, 5.41) is 0.710. The van der Waals surface area contributed by atoms with E-state index < -0.39 is 0 Å². The van der Waals surface area contributed by atoms with Crippen LogP contribution in [-0.2, 0) is 9.59 Å². The number of ketones is 1. The SMILES string of the molecule is CCCCCN1C(=O)C(=O)C2=CC=C(Cl)CC21. The van der Waals surface area contributed by atoms with Gasteiger partial charge in [0, 0.05) is 23.6 Å². The standard InChI is InChI=1S/C13H16ClNO2/c1-2-3-4-7-15-11-8-9(14)5-6-10(11)12(16)13(15)17/h5-6,11H,2-4,7-8H2,1H3. The molecule has 0 spiro atoms. The molecule has 0 saturated carbocycles. The normalized spacial score (nSPS) is 23.6. The number of unbranched alkanes of at least 4 members (excludes halogenated alkanes) is 2. The second-order valence-corrected chi connectivity index (χ2v) is 4.98. The van der Waals surface area contributed by atoms with E-state index in [-0.39, 0.29) is 17.7 Å². The molecule has 1 aliphatic carbocycles. The van der Waals surface area contributed by atoms with Crippen molar-refractivity contribution >= 4 is 23.3 Å². The molecule has 17 heavy (non-hydrogen) atoms. The van der Waals surface area contributed by atoms with Gasteiger partial charge in [-0.15, -0.1) is 0 Å². The van der Waals surface area contributed by atoms with Crippen LogP contribution in [0.3, 0.4) is 0 Å². The highest BCUT2D eigenvalue weighted by Crippen LogP contribution is 2.32. The second kappa shape index (κ2) is 5.05. The minimum Gasteiger partial charge on any atom is -0.328 e. The van der Waals surface area contributed by atoms with Gasteiger partial charge in [-0.1, -0.05) is 37.4 Å². The molecular formula is C13H16ClNO2. The Labute approximate surface area is 106 Å². The molecule has 2 aliphatic rings. The van der Waals surface area contributed by atoms with E-state index in [1.165, 1.54) is 0 Å². The monoisotopic (exact) mass is 253 g/mol. The van der Waals surface area contributed by atoms with Crippen LogP contribution >= 0.6 is 11.6 Å². The van der Waals surface area contributed by atoms with Crippen LogP contribution in [-0.4, -0.2) is 29.2 Å². The summed E-state index contributed by atoms with van der Waals surface area (Å²) in [6.45, 7) is 2.77. The van der Waals surface area contributed by atoms with Crippen molar-refractivity contribution in [3.63, 3.8) is 0 Å². The predicted octanol–water partition coefficient (Wildman–Crippen LogP) is 2.41. The number of allylic oxidation sites excluding steroid dienone is 2. The quantitative estimate of drug-likeness (QED) is 0.570. The molecule has 3 nitrogen and oxygen atoms in total. The van der Waals surface area contributed by atoms with Crippen molar-refractivity contribution in [3.05, 3.63) is 22.8 Å². The van der Waals surface area contributed by atoms with Crippen LogP contribution in [0.15, 0.2) is 22.8 Å². The number of halogens is 1. The van der Waals surface area contributed by atoms with Crippen molar-refractivity contribution in [1.82, 2.24) is 4.90 Å². The third kappa shape index (κ3) is 2.29. The number of carbonyl (C=O) groups is 2. The highest BCUT2D eigenvalue weighted by molar-refractivity contribution is 6.45. The maximum absolute atomic E-state index is 11.8. The molecule has 1 heterocycles. The van der Waals surface area contributed by atoms with Crippen LogP contribution in [0.5, 0.6) is 0 Å². The zero-order chi connectivity index (χ0) is 12.4. The van der Waals surface area contributed by atoms with Crippen molar-refractivity contribution in [2.75, 3.05) is 6.54 Å². The summed E-state index contributed by atoms with van der Waals surface area (Å²) >= 11 is 5.97. The fraction of sp³-hybridized carbons (Fsp3) is 0.538. The number of Topliss-reactive ketones (excluding diaryl/α,β-unsaturated/α-hetero) is 1. The zero-order valence-corrected chi connectivity index (χ0v) is 10.7. The fourth-order valence-electron chi connectivity index (χ4n) is 2.34. The Bertz CT molecular complexity index is 412. The lowest BCUT2D eigenvalue weighted by molar-refractivity contribution is -0.139. The van der Waals surface area contributed by atoms with E-state index in [0.29, 0.717) is 23.6 Å². The van der Waals surface area contributed by atoms with Crippen LogP contribution in [0, 0.1) is 0 Å². The van der Waals surface area contributed by atoms with Gasteiger partial charge in [0.2, 0.25) is 5.78 Å². The summed E-state index contributed by atoms with van der Waals surface area (Å²) in [7, 11) is 0. The Morgan fingerprint density at radius 1 is 1.35 bits per heavy atom. The average Bonchev–Trinajstić information content (AvgIpc) is 2.54. The molecule has 2 rings (SSSR count). The van der Waals surface area contributed by atoms with E-state index in [1.807, 2.05) is 0 Å². The van der Waals surface area contributed by atoms with Crippen molar-refractivity contribution < 1.29 is 9.59 Å². The van der Waals surface area contributed by atoms with Crippen LogP contribution in [0.1, 0.15) is 32.6 Å². The van der Waals surface area contributed by atoms with E-state index in [0.717, 1.165) is 19.3 Å². The average molecular weight is 254 g/mol. The first kappa shape index (κ1) is 12.4. The molecule has 92 valence electrons. The topological polar surface area (TPSA) is 37.4 Å². The van der Waals surface area contributed by atoms with E-state index in [2.05, 4.69) is 6.92 Å². The molecule has 1 fully saturated rings. The maximum atomic E-state index is 11.8. The summed E-state index contributed by atoms with van der Waals surface area (Å²) in [4.78, 5) is 25.3. The van der Waals surface area contributed by atoms with Gasteiger partial charge in [-0.2, -0.15) is 0 Å². The van der Waals surface area contributed by atoms with Crippen LogP contribution < -0.4 is 0 Å². The number of nitrogens with zero attached hydrogens (tertiary/aromatic N) is 1. The number of amides is 1. The van der Waals surface area contributed by atoms with Crippen LogP contribution in [0.4, 0.5) is 0 Å². The Morgan fingerprint density at radius 2 is 2.12 bits per heavy atom. The van der Waals surface area contributed by atoms with E-state index in [1.54, 1.807) is 17.1 Å². The van der Waals surface area contributed by atoms with Gasteiger partial charge >= 0.3 is 0 Å². The first-order chi connectivity index (χ1) is 8.15. The van der Waals surface area contributed by atoms with Crippen molar-refractivity contribution in [1.29, 1.82) is 0 Å². The molecule has 0 aromatic carbocycles. The third-order valence-corrected chi connectivity index (χ3v) is 3.57. The minimum atomic E-state index is -0.364. The van der Waals surface area contributed by atoms with Gasteiger partial charge in [0.1, 0.15) is 0 Å². The smallest absolute Gasteiger partial charge is 0.295 e. The molecule has 0 radical (unpaired) electrons. The lowest BCUT2D eigenvalue weighted by Gasteiger charge is -2.25. The second-order valence-electron chi connectivity index (χ2n) is 4.49. The predicted molar refractivity (Wildman–Crippen MR) is 66.7 cm³/mol. The van der Waals surface area contributed by atoms with Crippen molar-refractivity contribution in [2.45, 2.75) is 38.6 Å². The Hall–Kier alpha value is -1.09. The Morgan fingerprint density at radius 3 is 2.82 bits per heavy atom. The summed E-state index contributed by atoms with van der Waals surface area (Å²) < 4.78 is 0. The number of fused-ring (bicyclic) bond motifs is 1. The van der Waals surface area contributed by atoms with Gasteiger partial charge in [0.25, 0.3) is 5.91 Å². The van der Waals surface area contributed by atoms with E-state index >= 15 is 0 Å². The molecule has 1 unspecified atom stereocenters. The molecule has 1 aliphatic heterocycles. The molecule has 1 saturated heterocycles. The van der Waals surface area contributed by atoms with Gasteiger partial charge in [0.15, 0.2) is 0 Å². The molecular weight excluding hydrogens is 238 g/mol. The van der Waals surface area contributed by atoms with Gasteiger partial charge in [0.05, 0.1) is 6.04 Å². The number of carbonyl (C=O) groups excluding carboxylic acids is 2. The van der Waals surface area contributed by atoms with E-state index in [9.17, 15) is 9.59 Å². The number of likely N-dealkylation sites (tertiary alicyclic amines) is 1. The summed E-state index contributed by atoms with van der Waals surface area (Å²) in [5.41, 5.74) is 0.607. The maximum Gasteiger partial charge on any atom is 0.295 e. The molecule has 0 N–H and O–H groups in total. The molecule has 0 aromatic rings. The largest absolute Gasteiger partial charge is 0.328 e. The van der Waals surface area contributed by atoms with Gasteiger partial charge in [-0.25, -0.2) is 0 Å². The number of hydrogen-bond acceptors (Lipinski definition) is 2. The first-order valence-electron chi connectivity index (χ1n) is 6.06. The molecule has 1 amide bonds. The molecule has 4 heteroatoms. The lowest BCUT2D eigenvalue weighted by atomic mass is 9.99. The fourth-order valence-corrected chi connectivity index (χ4v) is 2.55. The van der Waals surface area contributed by atoms with Crippen LogP contribution in [0.2, 0.25) is 0 Å². The number of rotatable bonds is 4. The molecule has 0 aromatic heterocycles. The first-order valence-corrected chi connectivity index (χ1v) is 6.44. The van der Waals surface area contributed by atoms with Gasteiger partial charge in [-0.05, 0) is 12.5 Å². The van der Waals surface area contributed by atoms with Gasteiger partial charge < -0.3 is 4.90 Å². The zero-order valence-electron chi connectivity index (χ0n) is 9.91. The highest BCUT2D eigenvalue weighted by Gasteiger charge is 2.43. The Kier molecular flexibility index (Phi) is 3.67. The molecule has 0 bridgehead atoms. The third-order valence-electron chi connectivity index (χ3n) is 3.29. The highest BCUT2D eigenvalue weighted by atomic mass is 35.5. The van der Waals surface area contributed by atoms with Gasteiger partial charge in [-0.3, -0.25) is 9.59 Å². The number of hydrogen-bond donors (Lipinski definition) is 0. The summed E-state index contributed by atoms with van der Waals surface area (Å²) in [6, 6.07) is -0.121. The van der Waals surface area contributed by atoms with Crippen molar-refractivity contribution in [3.8, 4) is 0 Å². The summed E-state index contributed by atoms with van der Waals surface area (Å²) in [6.07, 6.45) is 7.11. The minimum absolute atomic E-state index is 0.121. The van der Waals surface area contributed by atoms with Crippen LogP contribution in [0.25, 0.3) is 0 Å². The van der Waals surface area contributed by atoms with E-state index in [4.69, 9.17) is 11.6 Å². The van der Waals surface area contributed by atoms with Crippen molar-refractivity contribution in [2.24, 2.45) is 0 Å². The summed E-state index contributed by atoms with van der Waals surface area (Å²) in [5.74, 6) is -0.718. The lowest BCUT2D eigenvalue weighted by Crippen LogP contribution is -2.35. The Balaban J connectivity index is 2.12. The molecule has 1 atom stereocenters.